The average molecular weight is 587 g/mol. The van der Waals surface area contributed by atoms with Crippen LogP contribution in [0.5, 0.6) is 0 Å². The van der Waals surface area contributed by atoms with Gasteiger partial charge in [0, 0.05) is 0 Å². The molecule has 5 heteroatoms. The lowest BCUT2D eigenvalue weighted by Gasteiger charge is -2.57. The third-order valence-electron chi connectivity index (χ3n) is 13.4. The van der Waals surface area contributed by atoms with Crippen LogP contribution >= 0.6 is 0 Å². The van der Waals surface area contributed by atoms with Gasteiger partial charge in [0.05, 0.1) is 34.4 Å². The van der Waals surface area contributed by atoms with Crippen molar-refractivity contribution in [2.24, 2.45) is 23.2 Å². The summed E-state index contributed by atoms with van der Waals surface area (Å²) in [5, 5.41) is 12.3. The van der Waals surface area contributed by atoms with Crippen LogP contribution in [0.25, 0.3) is 0 Å². The van der Waals surface area contributed by atoms with Crippen LogP contribution in [0.4, 0.5) is 0 Å². The Labute approximate surface area is 249 Å². The van der Waals surface area contributed by atoms with Gasteiger partial charge in [-0.3, -0.25) is 4.79 Å². The molecule has 3 aliphatic carbocycles. The van der Waals surface area contributed by atoms with Gasteiger partial charge in [0.2, 0.25) is 0 Å². The summed E-state index contributed by atoms with van der Waals surface area (Å²) in [6, 6.07) is 0. The zero-order chi connectivity index (χ0) is 30.7. The molecule has 3 aliphatic rings. The highest BCUT2D eigenvalue weighted by atomic mass is 28.3. The summed E-state index contributed by atoms with van der Waals surface area (Å²) in [5.41, 5.74) is 4.61. The number of esters is 1. The Balaban J connectivity index is 2.06. The van der Waals surface area contributed by atoms with Crippen molar-refractivity contribution in [1.29, 1.82) is 0 Å². The molecule has 3 saturated carbocycles. The Morgan fingerprint density at radius 1 is 1.07 bits per heavy atom. The maximum Gasteiger partial charge on any atom is 0.308 e. The second-order valence-corrected chi connectivity index (χ2v) is 28.5. The normalized spacial score (nSPS) is 35.1. The smallest absolute Gasteiger partial charge is 0.308 e. The molecule has 0 saturated heterocycles. The molecule has 0 aromatic heterocycles. The monoisotopic (exact) mass is 586 g/mol. The lowest BCUT2D eigenvalue weighted by molar-refractivity contribution is -0.148. The fourth-order valence-corrected chi connectivity index (χ4v) is 14.3. The first-order valence-corrected chi connectivity index (χ1v) is 22.0. The molecule has 0 heterocycles. The van der Waals surface area contributed by atoms with Gasteiger partial charge in [0.25, 0.3) is 0 Å². The quantitative estimate of drug-likeness (QED) is 0.258. The van der Waals surface area contributed by atoms with E-state index in [1.807, 2.05) is 0 Å². The first-order chi connectivity index (χ1) is 18.0. The zero-order valence-corrected chi connectivity index (χ0v) is 30.4. The fourth-order valence-electron chi connectivity index (χ4n) is 8.40. The van der Waals surface area contributed by atoms with Crippen LogP contribution in [-0.4, -0.2) is 39.6 Å². The third-order valence-corrected chi connectivity index (χ3v) is 26.0. The molecule has 3 rings (SSSR count). The van der Waals surface area contributed by atoms with Crippen LogP contribution in [-0.2, 0) is 9.53 Å². The van der Waals surface area contributed by atoms with Crippen LogP contribution in [0.15, 0.2) is 35.5 Å². The highest BCUT2D eigenvalue weighted by Crippen LogP contribution is 2.61. The lowest BCUT2D eigenvalue weighted by Crippen LogP contribution is -2.63. The molecular formula is C35H62O3Si2. The third kappa shape index (κ3) is 5.57. The lowest BCUT2D eigenvalue weighted by atomic mass is 9.61. The second kappa shape index (κ2) is 11.0. The largest absolute Gasteiger partial charge is 0.469 e. The summed E-state index contributed by atoms with van der Waals surface area (Å²) in [6.07, 6.45) is 12.1. The maximum atomic E-state index is 12.7. The van der Waals surface area contributed by atoms with Gasteiger partial charge in [-0.05, 0) is 83.4 Å². The predicted molar refractivity (Wildman–Crippen MR) is 177 cm³/mol. The summed E-state index contributed by atoms with van der Waals surface area (Å²) < 4.78 is 5.16. The fraction of sp³-hybridized carbons (Fsp3) is 0.800. The van der Waals surface area contributed by atoms with Crippen molar-refractivity contribution in [3.05, 3.63) is 35.5 Å². The van der Waals surface area contributed by atoms with Crippen molar-refractivity contribution in [1.82, 2.24) is 0 Å². The number of hydrogen-bond acceptors (Lipinski definition) is 3. The summed E-state index contributed by atoms with van der Waals surface area (Å²) in [4.78, 5) is 12.5. The van der Waals surface area contributed by atoms with E-state index in [1.54, 1.807) is 5.57 Å². The molecule has 0 radical (unpaired) electrons. The first kappa shape index (κ1) is 33.6. The van der Waals surface area contributed by atoms with Crippen LogP contribution in [0.3, 0.4) is 0 Å². The summed E-state index contributed by atoms with van der Waals surface area (Å²) in [6.45, 7) is 33.3. The average Bonchev–Trinajstić information content (AvgIpc) is 3.19. The number of carbonyl (C=O) groups excluding carboxylic acids is 1. The summed E-state index contributed by atoms with van der Waals surface area (Å²) in [5.74, 6) is 0.770. The molecule has 0 aliphatic heterocycles. The Hall–Kier alpha value is -0.916. The van der Waals surface area contributed by atoms with E-state index in [9.17, 15) is 9.90 Å². The van der Waals surface area contributed by atoms with Gasteiger partial charge < -0.3 is 9.84 Å². The van der Waals surface area contributed by atoms with Crippen molar-refractivity contribution in [2.75, 3.05) is 7.11 Å². The summed E-state index contributed by atoms with van der Waals surface area (Å²) >= 11 is 0. The van der Waals surface area contributed by atoms with Crippen molar-refractivity contribution in [3.63, 3.8) is 0 Å². The molecule has 0 spiro atoms. The minimum absolute atomic E-state index is 0.0548. The van der Waals surface area contributed by atoms with Gasteiger partial charge in [-0.2, -0.15) is 0 Å². The zero-order valence-electron chi connectivity index (χ0n) is 28.4. The molecule has 0 aromatic rings. The molecule has 6 atom stereocenters. The highest BCUT2D eigenvalue weighted by molar-refractivity contribution is 6.84. The highest BCUT2D eigenvalue weighted by Gasteiger charge is 2.58. The molecule has 3 fully saturated rings. The van der Waals surface area contributed by atoms with Crippen LogP contribution in [0, 0.1) is 23.2 Å². The summed E-state index contributed by atoms with van der Waals surface area (Å²) in [7, 11) is -2.38. The maximum absolute atomic E-state index is 12.7. The molecule has 0 aromatic carbocycles. The number of methoxy groups -OCH3 is 1. The van der Waals surface area contributed by atoms with Gasteiger partial charge in [-0.25, -0.2) is 0 Å². The number of rotatable bonds is 5. The van der Waals surface area contributed by atoms with Gasteiger partial charge in [0.1, 0.15) is 0 Å². The van der Waals surface area contributed by atoms with E-state index in [-0.39, 0.29) is 27.4 Å². The second-order valence-electron chi connectivity index (χ2n) is 17.2. The molecular weight excluding hydrogens is 525 g/mol. The first-order valence-electron chi connectivity index (χ1n) is 15.9. The van der Waals surface area contributed by atoms with Crippen molar-refractivity contribution >= 4 is 22.1 Å². The Morgan fingerprint density at radius 2 is 1.68 bits per heavy atom. The standard InChI is InChI=1S/C35H62O3Si2/c1-24-27(18-17-26-16-15-21-34(9)28(19-20-29(26)34)25(2)31(36)38-10)22-35(37,40(13,14)33(6,7)8)23-30(24)39(11,12)32(3,4)5/h17-18,25,28-30,37H,1,15-16,19-23H2,2-14H3/b26-17+,27-18-/t25-,28+,29-,30-,34+,35+/m0/s1. The number of hydrogen-bond donors (Lipinski definition) is 1. The Kier molecular flexibility index (Phi) is 9.21. The molecule has 228 valence electrons. The topological polar surface area (TPSA) is 46.5 Å². The van der Waals surface area contributed by atoms with Crippen LogP contribution in [0.2, 0.25) is 41.8 Å². The molecule has 3 nitrogen and oxygen atoms in total. The number of allylic oxidation sites excluding steroid dienone is 4. The van der Waals surface area contributed by atoms with E-state index >= 15 is 0 Å². The van der Waals surface area contributed by atoms with Crippen molar-refractivity contribution < 1.29 is 14.6 Å². The molecule has 40 heavy (non-hydrogen) atoms. The van der Waals surface area contributed by atoms with E-state index in [1.165, 1.54) is 31.1 Å². The van der Waals surface area contributed by atoms with Gasteiger partial charge in [0.15, 0.2) is 0 Å². The number of fused-ring (bicyclic) bond motifs is 1. The Bertz CT molecular complexity index is 1050. The van der Waals surface area contributed by atoms with E-state index in [2.05, 4.69) is 93.7 Å². The minimum atomic E-state index is -2.09. The molecule has 1 N–H and O–H groups in total. The molecule has 0 unspecified atom stereocenters. The van der Waals surface area contributed by atoms with E-state index < -0.39 is 21.4 Å². The minimum Gasteiger partial charge on any atom is -0.469 e. The van der Waals surface area contributed by atoms with E-state index in [4.69, 9.17) is 11.3 Å². The molecule has 0 amide bonds. The number of carbonyl (C=O) groups is 1. The molecule has 0 bridgehead atoms. The van der Waals surface area contributed by atoms with Crippen LogP contribution in [0.1, 0.15) is 100 Å². The predicted octanol–water partition coefficient (Wildman–Crippen LogP) is 9.87. The number of ether oxygens (including phenoxy) is 1. The van der Waals surface area contributed by atoms with Gasteiger partial charge in [-0.15, -0.1) is 0 Å². The SMILES string of the molecule is C=C1/C(=C\C=C2/CCC[C@]3(C)[C@@H]([C@H](C)C(=O)OC)CC[C@@H]23)C[C@@](O)([Si](C)(C)C(C)(C)C)C[C@@H]1[Si](C)(C)C(C)(C)C. The van der Waals surface area contributed by atoms with Gasteiger partial charge in [-0.1, -0.05) is 111 Å². The van der Waals surface area contributed by atoms with Gasteiger partial charge >= 0.3 is 5.97 Å². The van der Waals surface area contributed by atoms with Crippen molar-refractivity contribution in [3.8, 4) is 0 Å². The van der Waals surface area contributed by atoms with E-state index in [0.29, 0.717) is 17.4 Å². The van der Waals surface area contributed by atoms with Crippen molar-refractivity contribution in [2.45, 2.75) is 147 Å². The Morgan fingerprint density at radius 3 is 2.20 bits per heavy atom. The van der Waals surface area contributed by atoms with Crippen LogP contribution < -0.4 is 0 Å². The van der Waals surface area contributed by atoms with E-state index in [0.717, 1.165) is 32.1 Å². The number of aliphatic hydroxyl groups is 1.